The number of rotatable bonds is 2. The van der Waals surface area contributed by atoms with Crippen molar-refractivity contribution in [2.45, 2.75) is 6.42 Å². The van der Waals surface area contributed by atoms with Crippen molar-refractivity contribution in [1.29, 1.82) is 5.41 Å². The first kappa shape index (κ1) is 18.0. The zero-order valence-electron chi connectivity index (χ0n) is 17.7. The maximum absolute atomic E-state index is 8.93. The zero-order chi connectivity index (χ0) is 21.1. The number of fused-ring (bicyclic) bond motifs is 3. The quantitative estimate of drug-likeness (QED) is 0.269. The van der Waals surface area contributed by atoms with E-state index in [1.54, 1.807) is 0 Å². The van der Waals surface area contributed by atoms with Gasteiger partial charge in [-0.3, -0.25) is 5.41 Å². The summed E-state index contributed by atoms with van der Waals surface area (Å²) in [5, 5.41) is 11.4. The lowest BCUT2D eigenvalue weighted by Crippen LogP contribution is -2.40. The minimum Gasteiger partial charge on any atom is -0.316 e. The van der Waals surface area contributed by atoms with Gasteiger partial charge < -0.3 is 9.80 Å². The second-order valence-corrected chi connectivity index (χ2v) is 8.39. The Morgan fingerprint density at radius 2 is 1.61 bits per heavy atom. The van der Waals surface area contributed by atoms with Crippen LogP contribution in [0.4, 0.5) is 11.4 Å². The van der Waals surface area contributed by atoms with Crippen LogP contribution in [0.25, 0.3) is 34.1 Å². The molecule has 0 saturated carbocycles. The number of benzene rings is 4. The van der Waals surface area contributed by atoms with E-state index in [4.69, 9.17) is 5.41 Å². The molecule has 6 rings (SSSR count). The second kappa shape index (κ2) is 6.58. The molecule has 0 fully saturated rings. The van der Waals surface area contributed by atoms with E-state index in [9.17, 15) is 0 Å². The minimum atomic E-state index is 0.448. The maximum Gasteiger partial charge on any atom is 0.202 e. The first-order valence-electron chi connectivity index (χ1n) is 10.6. The van der Waals surface area contributed by atoms with Gasteiger partial charge in [0.15, 0.2) is 0 Å². The lowest BCUT2D eigenvalue weighted by atomic mass is 10.0. The van der Waals surface area contributed by atoms with Crippen LogP contribution in [-0.2, 0) is 6.42 Å². The molecule has 0 radical (unpaired) electrons. The molecule has 0 aliphatic heterocycles. The fourth-order valence-electron chi connectivity index (χ4n) is 5.00. The molecule has 4 aromatic rings. The predicted molar refractivity (Wildman–Crippen MR) is 132 cm³/mol. The second-order valence-electron chi connectivity index (χ2n) is 8.39. The number of anilines is 2. The Labute approximate surface area is 182 Å². The summed E-state index contributed by atoms with van der Waals surface area (Å²) in [5.74, 6) is 0.448. The van der Waals surface area contributed by atoms with Gasteiger partial charge in [0.1, 0.15) is 0 Å². The molecule has 31 heavy (non-hydrogen) atoms. The van der Waals surface area contributed by atoms with E-state index < -0.39 is 0 Å². The minimum absolute atomic E-state index is 0.448. The van der Waals surface area contributed by atoms with E-state index >= 15 is 0 Å². The molecule has 0 heterocycles. The van der Waals surface area contributed by atoms with Gasteiger partial charge >= 0.3 is 0 Å². The average Bonchev–Trinajstić information content (AvgIpc) is 3.40. The molecule has 3 heteroatoms. The summed E-state index contributed by atoms with van der Waals surface area (Å²) in [5.41, 5.74) is 9.90. The van der Waals surface area contributed by atoms with Crippen LogP contribution < -0.4 is 9.80 Å². The van der Waals surface area contributed by atoms with Gasteiger partial charge in [-0.1, -0.05) is 66.7 Å². The molecule has 0 bridgehead atoms. The maximum atomic E-state index is 8.93. The smallest absolute Gasteiger partial charge is 0.202 e. The fourth-order valence-corrected chi connectivity index (χ4v) is 5.00. The standard InChI is InChI=1S/C28H23N3/c1-30(22-12-14-24-21(17-22)16-20-6-3-4-9-23(20)24)28(29)31(2)26-15-11-19-8-5-7-18-10-13-25(26)27(18)19/h3-15,17,29H,16H2,1-2H3. The van der Waals surface area contributed by atoms with Gasteiger partial charge in [-0.25, -0.2) is 0 Å². The van der Waals surface area contributed by atoms with Crippen LogP contribution in [0.5, 0.6) is 0 Å². The van der Waals surface area contributed by atoms with Gasteiger partial charge in [0.2, 0.25) is 5.96 Å². The van der Waals surface area contributed by atoms with Gasteiger partial charge in [0.25, 0.3) is 0 Å². The van der Waals surface area contributed by atoms with E-state index in [1.807, 2.05) is 23.9 Å². The van der Waals surface area contributed by atoms with E-state index in [0.717, 1.165) is 17.8 Å². The van der Waals surface area contributed by atoms with Crippen molar-refractivity contribution in [3.8, 4) is 11.1 Å². The Morgan fingerprint density at radius 3 is 2.52 bits per heavy atom. The highest BCUT2D eigenvalue weighted by atomic mass is 15.3. The van der Waals surface area contributed by atoms with Gasteiger partial charge in [0, 0.05) is 25.3 Å². The van der Waals surface area contributed by atoms with E-state index in [2.05, 4.69) is 84.9 Å². The fraction of sp³-hybridized carbons (Fsp3) is 0.107. The molecule has 0 atom stereocenters. The van der Waals surface area contributed by atoms with Crippen LogP contribution in [-0.4, -0.2) is 20.1 Å². The van der Waals surface area contributed by atoms with Crippen LogP contribution in [0.1, 0.15) is 22.3 Å². The van der Waals surface area contributed by atoms with E-state index in [-0.39, 0.29) is 0 Å². The topological polar surface area (TPSA) is 30.3 Å². The zero-order valence-corrected chi connectivity index (χ0v) is 17.7. The van der Waals surface area contributed by atoms with Crippen LogP contribution in [0.15, 0.2) is 72.8 Å². The summed E-state index contributed by atoms with van der Waals surface area (Å²) in [7, 11) is 3.96. The number of hydrogen-bond acceptors (Lipinski definition) is 1. The molecule has 0 saturated heterocycles. The first-order chi connectivity index (χ1) is 15.1. The number of guanidine groups is 1. The monoisotopic (exact) mass is 401 g/mol. The number of nitrogens with one attached hydrogen (secondary N) is 1. The van der Waals surface area contributed by atoms with Crippen molar-refractivity contribution in [2.75, 3.05) is 23.9 Å². The summed E-state index contributed by atoms with van der Waals surface area (Å²) in [6.07, 6.45) is 5.29. The van der Waals surface area contributed by atoms with E-state index in [0.29, 0.717) is 5.96 Å². The molecule has 3 nitrogen and oxygen atoms in total. The Kier molecular flexibility index (Phi) is 3.81. The van der Waals surface area contributed by atoms with E-state index in [1.165, 1.54) is 44.2 Å². The molecule has 2 aliphatic carbocycles. The Bertz CT molecular complexity index is 1410. The van der Waals surface area contributed by atoms with Crippen molar-refractivity contribution in [3.63, 3.8) is 0 Å². The molecule has 1 N–H and O–H groups in total. The molecular formula is C28H23N3. The lowest BCUT2D eigenvalue weighted by Gasteiger charge is -2.29. The van der Waals surface area contributed by atoms with Gasteiger partial charge in [0.05, 0.1) is 5.69 Å². The molecule has 0 amide bonds. The third-order valence-electron chi connectivity index (χ3n) is 6.69. The number of hydrogen-bond donors (Lipinski definition) is 1. The van der Waals surface area contributed by atoms with Crippen molar-refractivity contribution < 1.29 is 0 Å². The molecule has 150 valence electrons. The molecule has 4 aromatic carbocycles. The molecule has 0 unspecified atom stereocenters. The highest BCUT2D eigenvalue weighted by Crippen LogP contribution is 2.39. The third kappa shape index (κ3) is 2.63. The third-order valence-corrected chi connectivity index (χ3v) is 6.69. The van der Waals surface area contributed by atoms with Crippen molar-refractivity contribution >= 4 is 40.3 Å². The molecular weight excluding hydrogens is 378 g/mol. The van der Waals surface area contributed by atoms with Crippen LogP contribution >= 0.6 is 0 Å². The van der Waals surface area contributed by atoms with Gasteiger partial charge in [-0.05, 0) is 63.2 Å². The summed E-state index contributed by atoms with van der Waals surface area (Å²) in [6, 6.07) is 25.9. The first-order valence-corrected chi connectivity index (χ1v) is 10.6. The van der Waals surface area contributed by atoms with Crippen LogP contribution in [0.2, 0.25) is 0 Å². The Hall–Kier alpha value is -3.85. The SMILES string of the molecule is CN(C(=N)N(C)c1ccc2cccc3c2c1C=C3)c1ccc2c(c1)Cc1ccccc1-2. The van der Waals surface area contributed by atoms with Gasteiger partial charge in [-0.15, -0.1) is 0 Å². The van der Waals surface area contributed by atoms with Gasteiger partial charge in [-0.2, -0.15) is 0 Å². The predicted octanol–water partition coefficient (Wildman–Crippen LogP) is 6.40. The van der Waals surface area contributed by atoms with Crippen LogP contribution in [0.3, 0.4) is 0 Å². The summed E-state index contributed by atoms with van der Waals surface area (Å²) >= 11 is 0. The molecule has 0 aromatic heterocycles. The normalized spacial score (nSPS) is 12.7. The van der Waals surface area contributed by atoms with Crippen molar-refractivity contribution in [1.82, 2.24) is 0 Å². The summed E-state index contributed by atoms with van der Waals surface area (Å²) in [4.78, 5) is 3.94. The summed E-state index contributed by atoms with van der Waals surface area (Å²) in [6.45, 7) is 0. The van der Waals surface area contributed by atoms with Crippen LogP contribution in [0, 0.1) is 5.41 Å². The highest BCUT2D eigenvalue weighted by Gasteiger charge is 2.22. The Morgan fingerprint density at radius 1 is 0.774 bits per heavy atom. The average molecular weight is 402 g/mol. The lowest BCUT2D eigenvalue weighted by molar-refractivity contribution is 1.11. The largest absolute Gasteiger partial charge is 0.316 e. The Balaban J connectivity index is 1.33. The van der Waals surface area contributed by atoms with Crippen molar-refractivity contribution in [3.05, 3.63) is 95.1 Å². The molecule has 2 aliphatic rings. The summed E-state index contributed by atoms with van der Waals surface area (Å²) < 4.78 is 0. The van der Waals surface area contributed by atoms with Crippen molar-refractivity contribution in [2.24, 2.45) is 0 Å². The highest BCUT2D eigenvalue weighted by molar-refractivity contribution is 6.12. The number of nitrogens with zero attached hydrogens (tertiary/aromatic N) is 2. The molecule has 0 spiro atoms.